The Kier molecular flexibility index (Phi) is 3.43. The second-order valence-electron chi connectivity index (χ2n) is 3.51. The Balaban J connectivity index is 2.88. The smallest absolute Gasteiger partial charge is 0.0832 e. The van der Waals surface area contributed by atoms with Gasteiger partial charge in [0.2, 0.25) is 0 Å². The maximum atomic E-state index is 9.93. The number of pyridine rings is 1. The molecule has 0 aliphatic heterocycles. The van der Waals surface area contributed by atoms with Gasteiger partial charge in [-0.3, -0.25) is 4.98 Å². The van der Waals surface area contributed by atoms with Crippen LogP contribution in [-0.2, 0) is 0 Å². The number of aryl methyl sites for hydroxylation is 1. The fraction of sp³-hybridized carbons (Fsp3) is 0.545. The standard InChI is InChI=1S/C11H17NO/c1-4-8(2)11(13)10-6-5-7-12-9(10)3/h5-8,11,13H,4H2,1-3H3. The molecule has 2 heteroatoms. The van der Waals surface area contributed by atoms with Crippen LogP contribution in [-0.4, -0.2) is 10.1 Å². The molecule has 2 atom stereocenters. The molecule has 2 unspecified atom stereocenters. The van der Waals surface area contributed by atoms with Crippen molar-refractivity contribution in [2.45, 2.75) is 33.3 Å². The minimum absolute atomic E-state index is 0.294. The van der Waals surface area contributed by atoms with Crippen LogP contribution >= 0.6 is 0 Å². The third-order valence-electron chi connectivity index (χ3n) is 2.55. The zero-order chi connectivity index (χ0) is 9.84. The summed E-state index contributed by atoms with van der Waals surface area (Å²) in [4.78, 5) is 4.16. The van der Waals surface area contributed by atoms with E-state index in [-0.39, 0.29) is 6.10 Å². The predicted octanol–water partition coefficient (Wildman–Crippen LogP) is 2.47. The molecular weight excluding hydrogens is 162 g/mol. The highest BCUT2D eigenvalue weighted by Crippen LogP contribution is 2.25. The lowest BCUT2D eigenvalue weighted by Gasteiger charge is -2.18. The number of hydrogen-bond donors (Lipinski definition) is 1. The Bertz CT molecular complexity index is 273. The molecule has 0 radical (unpaired) electrons. The van der Waals surface area contributed by atoms with Crippen LogP contribution in [0.1, 0.15) is 37.6 Å². The zero-order valence-electron chi connectivity index (χ0n) is 8.49. The van der Waals surface area contributed by atoms with Gasteiger partial charge in [-0.25, -0.2) is 0 Å². The fourth-order valence-electron chi connectivity index (χ4n) is 1.34. The largest absolute Gasteiger partial charge is 0.388 e. The average Bonchev–Trinajstić information content (AvgIpc) is 2.16. The van der Waals surface area contributed by atoms with E-state index in [1.807, 2.05) is 19.1 Å². The monoisotopic (exact) mass is 179 g/mol. The van der Waals surface area contributed by atoms with Gasteiger partial charge in [0.25, 0.3) is 0 Å². The molecule has 0 fully saturated rings. The molecule has 72 valence electrons. The first kappa shape index (κ1) is 10.2. The summed E-state index contributed by atoms with van der Waals surface area (Å²) < 4.78 is 0. The van der Waals surface area contributed by atoms with E-state index in [2.05, 4.69) is 18.8 Å². The molecule has 1 heterocycles. The zero-order valence-corrected chi connectivity index (χ0v) is 8.49. The van der Waals surface area contributed by atoms with Crippen molar-refractivity contribution >= 4 is 0 Å². The Morgan fingerprint density at radius 2 is 2.23 bits per heavy atom. The number of aliphatic hydroxyl groups excluding tert-OH is 1. The quantitative estimate of drug-likeness (QED) is 0.773. The van der Waals surface area contributed by atoms with E-state index in [4.69, 9.17) is 0 Å². The first-order valence-corrected chi connectivity index (χ1v) is 4.76. The van der Waals surface area contributed by atoms with Crippen molar-refractivity contribution in [2.75, 3.05) is 0 Å². The topological polar surface area (TPSA) is 33.1 Å². The summed E-state index contributed by atoms with van der Waals surface area (Å²) in [6.45, 7) is 6.07. The fourth-order valence-corrected chi connectivity index (χ4v) is 1.34. The summed E-state index contributed by atoms with van der Waals surface area (Å²) in [6.07, 6.45) is 2.36. The van der Waals surface area contributed by atoms with E-state index in [1.54, 1.807) is 6.20 Å². The van der Waals surface area contributed by atoms with Gasteiger partial charge < -0.3 is 5.11 Å². The first-order valence-electron chi connectivity index (χ1n) is 4.76. The minimum atomic E-state index is -0.376. The Morgan fingerprint density at radius 1 is 1.54 bits per heavy atom. The van der Waals surface area contributed by atoms with Crippen molar-refractivity contribution in [1.82, 2.24) is 4.98 Å². The van der Waals surface area contributed by atoms with Crippen LogP contribution in [0.2, 0.25) is 0 Å². The molecule has 1 aromatic rings. The molecule has 0 spiro atoms. The Labute approximate surface area is 79.6 Å². The molecule has 1 aromatic heterocycles. The third kappa shape index (κ3) is 2.28. The molecule has 0 saturated heterocycles. The van der Waals surface area contributed by atoms with Crippen molar-refractivity contribution in [2.24, 2.45) is 5.92 Å². The highest BCUT2D eigenvalue weighted by atomic mass is 16.3. The Morgan fingerprint density at radius 3 is 2.77 bits per heavy atom. The molecule has 0 saturated carbocycles. The lowest BCUT2D eigenvalue weighted by atomic mass is 9.95. The third-order valence-corrected chi connectivity index (χ3v) is 2.55. The highest BCUT2D eigenvalue weighted by Gasteiger charge is 2.16. The summed E-state index contributed by atoms with van der Waals surface area (Å²) in [5.41, 5.74) is 1.88. The molecule has 0 amide bonds. The summed E-state index contributed by atoms with van der Waals surface area (Å²) in [5, 5.41) is 9.93. The highest BCUT2D eigenvalue weighted by molar-refractivity contribution is 5.21. The van der Waals surface area contributed by atoms with Crippen LogP contribution in [0.3, 0.4) is 0 Å². The normalized spacial score (nSPS) is 15.4. The van der Waals surface area contributed by atoms with Gasteiger partial charge in [-0.2, -0.15) is 0 Å². The second-order valence-corrected chi connectivity index (χ2v) is 3.51. The van der Waals surface area contributed by atoms with E-state index in [0.717, 1.165) is 17.7 Å². The van der Waals surface area contributed by atoms with Gasteiger partial charge in [-0.05, 0) is 18.9 Å². The van der Waals surface area contributed by atoms with Crippen molar-refractivity contribution < 1.29 is 5.11 Å². The number of nitrogens with zero attached hydrogens (tertiary/aromatic N) is 1. The van der Waals surface area contributed by atoms with Crippen molar-refractivity contribution in [3.05, 3.63) is 29.6 Å². The van der Waals surface area contributed by atoms with E-state index in [1.165, 1.54) is 0 Å². The first-order chi connectivity index (χ1) is 6.16. The maximum absolute atomic E-state index is 9.93. The number of aliphatic hydroxyl groups is 1. The summed E-state index contributed by atoms with van der Waals surface area (Å²) in [7, 11) is 0. The molecule has 0 aliphatic carbocycles. The summed E-state index contributed by atoms with van der Waals surface area (Å²) in [6, 6.07) is 3.81. The molecular formula is C11H17NO. The van der Waals surface area contributed by atoms with Gasteiger partial charge in [0, 0.05) is 17.5 Å². The average molecular weight is 179 g/mol. The van der Waals surface area contributed by atoms with Crippen LogP contribution in [0.5, 0.6) is 0 Å². The van der Waals surface area contributed by atoms with Crippen LogP contribution in [0, 0.1) is 12.8 Å². The van der Waals surface area contributed by atoms with E-state index in [9.17, 15) is 5.11 Å². The maximum Gasteiger partial charge on any atom is 0.0832 e. The molecule has 0 aliphatic rings. The van der Waals surface area contributed by atoms with Crippen LogP contribution in [0.25, 0.3) is 0 Å². The molecule has 1 N–H and O–H groups in total. The van der Waals surface area contributed by atoms with E-state index >= 15 is 0 Å². The Hall–Kier alpha value is -0.890. The van der Waals surface area contributed by atoms with Gasteiger partial charge in [0.15, 0.2) is 0 Å². The molecule has 0 aromatic carbocycles. The lowest BCUT2D eigenvalue weighted by Crippen LogP contribution is -2.10. The van der Waals surface area contributed by atoms with Gasteiger partial charge in [0.05, 0.1) is 6.10 Å². The van der Waals surface area contributed by atoms with Crippen molar-refractivity contribution in [1.29, 1.82) is 0 Å². The number of hydrogen-bond acceptors (Lipinski definition) is 2. The molecule has 2 nitrogen and oxygen atoms in total. The van der Waals surface area contributed by atoms with Crippen LogP contribution < -0.4 is 0 Å². The molecule has 13 heavy (non-hydrogen) atoms. The van der Waals surface area contributed by atoms with E-state index in [0.29, 0.717) is 5.92 Å². The molecule has 0 bridgehead atoms. The minimum Gasteiger partial charge on any atom is -0.388 e. The van der Waals surface area contributed by atoms with Crippen LogP contribution in [0.15, 0.2) is 18.3 Å². The van der Waals surface area contributed by atoms with Crippen LogP contribution in [0.4, 0.5) is 0 Å². The van der Waals surface area contributed by atoms with Gasteiger partial charge in [-0.15, -0.1) is 0 Å². The number of rotatable bonds is 3. The van der Waals surface area contributed by atoms with Gasteiger partial charge in [0.1, 0.15) is 0 Å². The predicted molar refractivity (Wildman–Crippen MR) is 53.4 cm³/mol. The van der Waals surface area contributed by atoms with E-state index < -0.39 is 0 Å². The van der Waals surface area contributed by atoms with Gasteiger partial charge in [-0.1, -0.05) is 26.3 Å². The van der Waals surface area contributed by atoms with Crippen molar-refractivity contribution in [3.8, 4) is 0 Å². The number of aromatic nitrogens is 1. The molecule has 1 rings (SSSR count). The van der Waals surface area contributed by atoms with Crippen molar-refractivity contribution in [3.63, 3.8) is 0 Å². The summed E-state index contributed by atoms with van der Waals surface area (Å²) >= 11 is 0. The lowest BCUT2D eigenvalue weighted by molar-refractivity contribution is 0.114. The second kappa shape index (κ2) is 4.38. The summed E-state index contributed by atoms with van der Waals surface area (Å²) in [5.74, 6) is 0.294. The SMILES string of the molecule is CCC(C)C(O)c1cccnc1C. The van der Waals surface area contributed by atoms with Gasteiger partial charge >= 0.3 is 0 Å².